The fourth-order valence-corrected chi connectivity index (χ4v) is 2.52. The summed E-state index contributed by atoms with van der Waals surface area (Å²) in [5, 5.41) is 1.71. The number of thiophene rings is 1. The molecule has 1 unspecified atom stereocenters. The normalized spacial score (nSPS) is 12.4. The third kappa shape index (κ3) is 2.20. The maximum absolute atomic E-state index is 13.2. The van der Waals surface area contributed by atoms with Crippen LogP contribution in [0.1, 0.15) is 15.8 Å². The van der Waals surface area contributed by atoms with E-state index in [-0.39, 0.29) is 16.9 Å². The zero-order valence-electron chi connectivity index (χ0n) is 8.61. The van der Waals surface area contributed by atoms with E-state index in [0.29, 0.717) is 0 Å². The topological polar surface area (TPSA) is 9.23 Å². The second kappa shape index (κ2) is 4.85. The lowest BCUT2D eigenvalue weighted by molar-refractivity contribution is 0.386. The van der Waals surface area contributed by atoms with E-state index in [1.54, 1.807) is 23.5 Å². The Morgan fingerprint density at radius 1 is 1.38 bits per heavy atom. The number of halogens is 2. The minimum absolute atomic E-state index is 0.222. The van der Waals surface area contributed by atoms with Gasteiger partial charge in [0.1, 0.15) is 0 Å². The van der Waals surface area contributed by atoms with Crippen molar-refractivity contribution in [3.63, 3.8) is 0 Å². The van der Waals surface area contributed by atoms with Crippen molar-refractivity contribution in [2.24, 2.45) is 0 Å². The molecular weight excluding hydrogens is 247 g/mol. The van der Waals surface area contributed by atoms with Gasteiger partial charge in [-0.25, -0.2) is 4.39 Å². The predicted molar refractivity (Wildman–Crippen MR) is 65.0 cm³/mol. The van der Waals surface area contributed by atoms with E-state index in [1.165, 1.54) is 13.2 Å². The number of methoxy groups -OCH3 is 1. The molecule has 84 valence electrons. The Morgan fingerprint density at radius 2 is 2.19 bits per heavy atom. The number of ether oxygens (including phenoxy) is 1. The van der Waals surface area contributed by atoms with Gasteiger partial charge in [-0.15, -0.1) is 22.9 Å². The van der Waals surface area contributed by atoms with Crippen molar-refractivity contribution >= 4 is 22.9 Å². The van der Waals surface area contributed by atoms with Crippen LogP contribution >= 0.6 is 22.9 Å². The lowest BCUT2D eigenvalue weighted by atomic mass is 10.1. The van der Waals surface area contributed by atoms with Crippen molar-refractivity contribution in [1.82, 2.24) is 0 Å². The van der Waals surface area contributed by atoms with Crippen molar-refractivity contribution in [1.29, 1.82) is 0 Å². The first-order chi connectivity index (χ1) is 7.72. The molecule has 0 aliphatic heterocycles. The first-order valence-corrected chi connectivity index (χ1v) is 6.05. The number of benzene rings is 1. The lowest BCUT2D eigenvalue weighted by Crippen LogP contribution is -1.94. The molecule has 0 spiro atoms. The highest BCUT2D eigenvalue weighted by molar-refractivity contribution is 7.10. The van der Waals surface area contributed by atoms with Gasteiger partial charge in [0.15, 0.2) is 11.6 Å². The summed E-state index contributed by atoms with van der Waals surface area (Å²) >= 11 is 7.86. The molecule has 1 nitrogen and oxygen atoms in total. The second-order valence-corrected chi connectivity index (χ2v) is 4.69. The molecule has 1 atom stereocenters. The van der Waals surface area contributed by atoms with E-state index in [0.717, 1.165) is 10.4 Å². The van der Waals surface area contributed by atoms with Crippen LogP contribution in [0.25, 0.3) is 0 Å². The van der Waals surface area contributed by atoms with E-state index >= 15 is 0 Å². The summed E-state index contributed by atoms with van der Waals surface area (Å²) in [6.45, 7) is 0. The third-order valence-electron chi connectivity index (χ3n) is 2.26. The molecule has 0 saturated carbocycles. The molecule has 1 aromatic heterocycles. The zero-order chi connectivity index (χ0) is 11.5. The Labute approximate surface area is 102 Å². The van der Waals surface area contributed by atoms with Crippen LogP contribution in [-0.4, -0.2) is 7.11 Å². The molecule has 0 bridgehead atoms. The van der Waals surface area contributed by atoms with Gasteiger partial charge in [-0.05, 0) is 29.1 Å². The number of alkyl halides is 1. The number of hydrogen-bond donors (Lipinski definition) is 0. The maximum Gasteiger partial charge on any atom is 0.165 e. The molecule has 0 radical (unpaired) electrons. The van der Waals surface area contributed by atoms with Crippen molar-refractivity contribution in [3.8, 4) is 5.75 Å². The zero-order valence-corrected chi connectivity index (χ0v) is 10.2. The van der Waals surface area contributed by atoms with E-state index in [1.807, 2.05) is 17.5 Å². The van der Waals surface area contributed by atoms with Crippen LogP contribution in [-0.2, 0) is 0 Å². The Hall–Kier alpha value is -1.06. The summed E-state index contributed by atoms with van der Waals surface area (Å²) in [6, 6.07) is 8.58. The van der Waals surface area contributed by atoms with E-state index in [9.17, 15) is 4.39 Å². The first kappa shape index (κ1) is 11.4. The van der Waals surface area contributed by atoms with Gasteiger partial charge in [-0.2, -0.15) is 0 Å². The van der Waals surface area contributed by atoms with Gasteiger partial charge in [0.25, 0.3) is 0 Å². The molecule has 2 rings (SSSR count). The molecule has 0 aliphatic carbocycles. The molecule has 4 heteroatoms. The van der Waals surface area contributed by atoms with Gasteiger partial charge in [0.05, 0.1) is 12.5 Å². The number of rotatable bonds is 3. The van der Waals surface area contributed by atoms with Crippen molar-refractivity contribution in [3.05, 3.63) is 52.0 Å². The van der Waals surface area contributed by atoms with Crippen molar-refractivity contribution in [2.75, 3.05) is 7.11 Å². The minimum atomic E-state index is -0.374. The van der Waals surface area contributed by atoms with E-state index in [2.05, 4.69) is 0 Å². The van der Waals surface area contributed by atoms with Crippen LogP contribution in [0, 0.1) is 5.82 Å². The van der Waals surface area contributed by atoms with Crippen LogP contribution < -0.4 is 4.74 Å². The van der Waals surface area contributed by atoms with E-state index < -0.39 is 0 Å². The minimum Gasteiger partial charge on any atom is -0.494 e. The number of hydrogen-bond acceptors (Lipinski definition) is 2. The van der Waals surface area contributed by atoms with Gasteiger partial charge >= 0.3 is 0 Å². The molecule has 0 N–H and O–H groups in total. The van der Waals surface area contributed by atoms with Crippen LogP contribution in [0.4, 0.5) is 4.39 Å². The molecule has 0 amide bonds. The predicted octanol–water partition coefficient (Wildman–Crippen LogP) is 4.22. The standard InChI is InChI=1S/C12H10ClFOS/c1-15-10-7-8(4-5-9(10)14)12(13)11-3-2-6-16-11/h2-7,12H,1H3. The molecule has 0 fully saturated rings. The molecule has 16 heavy (non-hydrogen) atoms. The summed E-state index contributed by atoms with van der Waals surface area (Å²) in [6.07, 6.45) is 0. The highest BCUT2D eigenvalue weighted by Gasteiger charge is 2.14. The van der Waals surface area contributed by atoms with Crippen molar-refractivity contribution < 1.29 is 9.13 Å². The Kier molecular flexibility index (Phi) is 3.46. The summed E-state index contributed by atoms with van der Waals surface area (Å²) in [5.41, 5.74) is 0.836. The van der Waals surface area contributed by atoms with Gasteiger partial charge in [-0.1, -0.05) is 12.1 Å². The largest absolute Gasteiger partial charge is 0.494 e. The van der Waals surface area contributed by atoms with Crippen LogP contribution in [0.15, 0.2) is 35.7 Å². The third-order valence-corrected chi connectivity index (χ3v) is 3.81. The monoisotopic (exact) mass is 256 g/mol. The second-order valence-electron chi connectivity index (χ2n) is 3.27. The summed E-state index contributed by atoms with van der Waals surface area (Å²) in [5.74, 6) is -0.152. The highest BCUT2D eigenvalue weighted by atomic mass is 35.5. The molecular formula is C12H10ClFOS. The fraction of sp³-hybridized carbons (Fsp3) is 0.167. The molecule has 0 aliphatic rings. The van der Waals surface area contributed by atoms with Gasteiger partial charge < -0.3 is 4.74 Å². The summed E-state index contributed by atoms with van der Waals surface area (Å²) in [7, 11) is 1.44. The molecule has 0 saturated heterocycles. The van der Waals surface area contributed by atoms with Crippen molar-refractivity contribution in [2.45, 2.75) is 5.38 Å². The molecule has 1 aromatic carbocycles. The summed E-state index contributed by atoms with van der Waals surface area (Å²) < 4.78 is 18.1. The van der Waals surface area contributed by atoms with Crippen LogP contribution in [0.5, 0.6) is 5.75 Å². The Balaban J connectivity index is 2.34. The average molecular weight is 257 g/mol. The first-order valence-electron chi connectivity index (χ1n) is 4.73. The maximum atomic E-state index is 13.2. The lowest BCUT2D eigenvalue weighted by Gasteiger charge is -2.09. The van der Waals surface area contributed by atoms with Crippen LogP contribution in [0.2, 0.25) is 0 Å². The van der Waals surface area contributed by atoms with Gasteiger partial charge in [-0.3, -0.25) is 0 Å². The van der Waals surface area contributed by atoms with Gasteiger partial charge in [0, 0.05) is 4.88 Å². The SMILES string of the molecule is COc1cc(C(Cl)c2cccs2)ccc1F. The van der Waals surface area contributed by atoms with Gasteiger partial charge in [0.2, 0.25) is 0 Å². The Morgan fingerprint density at radius 3 is 2.81 bits per heavy atom. The quantitative estimate of drug-likeness (QED) is 0.747. The van der Waals surface area contributed by atoms with E-state index in [4.69, 9.17) is 16.3 Å². The summed E-state index contributed by atoms with van der Waals surface area (Å²) in [4.78, 5) is 1.04. The fourth-order valence-electron chi connectivity index (χ4n) is 1.43. The smallest absolute Gasteiger partial charge is 0.165 e. The molecule has 2 aromatic rings. The molecule has 1 heterocycles. The Bertz CT molecular complexity index is 470. The highest BCUT2D eigenvalue weighted by Crippen LogP contribution is 2.34. The average Bonchev–Trinajstić information content (AvgIpc) is 2.82. The van der Waals surface area contributed by atoms with Crippen LogP contribution in [0.3, 0.4) is 0 Å².